The van der Waals surface area contributed by atoms with E-state index in [0.29, 0.717) is 12.5 Å². The monoisotopic (exact) mass is 263 g/mol. The van der Waals surface area contributed by atoms with E-state index >= 15 is 0 Å². The number of benzene rings is 1. The number of aromatic nitrogens is 2. The molecular weight excluding hydrogens is 246 g/mol. The van der Waals surface area contributed by atoms with Crippen LogP contribution in [0.1, 0.15) is 19.5 Å². The van der Waals surface area contributed by atoms with Gasteiger partial charge in [0.25, 0.3) is 0 Å². The van der Waals surface area contributed by atoms with Crippen LogP contribution in [-0.2, 0) is 0 Å². The van der Waals surface area contributed by atoms with Crippen LogP contribution in [0.3, 0.4) is 0 Å². The summed E-state index contributed by atoms with van der Waals surface area (Å²) in [6.07, 6.45) is 0. The Kier molecular flexibility index (Phi) is 4.02. The fourth-order valence-corrected chi connectivity index (χ4v) is 1.76. The number of nitrogens with zero attached hydrogens (tertiary/aromatic N) is 2. The van der Waals surface area contributed by atoms with Crippen LogP contribution in [0.25, 0.3) is 11.0 Å². The molecular formula is C14H18ClN3. The van der Waals surface area contributed by atoms with Gasteiger partial charge in [0, 0.05) is 6.54 Å². The van der Waals surface area contributed by atoms with E-state index in [0.717, 1.165) is 22.5 Å². The molecule has 1 N–H and O–H groups in total. The molecule has 18 heavy (non-hydrogen) atoms. The van der Waals surface area contributed by atoms with Gasteiger partial charge in [-0.25, -0.2) is 9.97 Å². The van der Waals surface area contributed by atoms with Crippen molar-refractivity contribution >= 4 is 28.5 Å². The van der Waals surface area contributed by atoms with Crippen LogP contribution in [0, 0.1) is 12.8 Å². The molecule has 1 atom stereocenters. The summed E-state index contributed by atoms with van der Waals surface area (Å²) in [6, 6.07) is 7.87. The van der Waals surface area contributed by atoms with Crippen molar-refractivity contribution in [1.82, 2.24) is 9.97 Å². The third kappa shape index (κ3) is 2.91. The summed E-state index contributed by atoms with van der Waals surface area (Å²) in [5, 5.41) is 3.38. The fraction of sp³-hybridized carbons (Fsp3) is 0.429. The molecule has 1 heterocycles. The van der Waals surface area contributed by atoms with E-state index in [1.165, 1.54) is 0 Å². The number of para-hydroxylation sites is 2. The number of halogens is 1. The van der Waals surface area contributed by atoms with Crippen molar-refractivity contribution in [3.8, 4) is 0 Å². The molecule has 0 fully saturated rings. The molecule has 0 radical (unpaired) electrons. The van der Waals surface area contributed by atoms with Gasteiger partial charge in [-0.2, -0.15) is 0 Å². The Morgan fingerprint density at radius 3 is 2.39 bits per heavy atom. The number of hydrogen-bond acceptors (Lipinski definition) is 3. The van der Waals surface area contributed by atoms with Crippen molar-refractivity contribution in [3.63, 3.8) is 0 Å². The minimum atomic E-state index is 0.0951. The number of hydrogen-bond donors (Lipinski definition) is 1. The van der Waals surface area contributed by atoms with E-state index in [2.05, 4.69) is 29.1 Å². The molecule has 1 aromatic carbocycles. The van der Waals surface area contributed by atoms with Gasteiger partial charge in [0.15, 0.2) is 0 Å². The van der Waals surface area contributed by atoms with Gasteiger partial charge in [-0.3, -0.25) is 0 Å². The van der Waals surface area contributed by atoms with Crippen LogP contribution in [0.4, 0.5) is 5.82 Å². The maximum Gasteiger partial charge on any atom is 0.148 e. The lowest BCUT2D eigenvalue weighted by molar-refractivity contribution is 0.615. The first-order chi connectivity index (χ1) is 8.58. The van der Waals surface area contributed by atoms with Crippen LogP contribution < -0.4 is 5.32 Å². The molecule has 2 rings (SSSR count). The third-order valence-electron chi connectivity index (χ3n) is 2.93. The smallest absolute Gasteiger partial charge is 0.148 e. The molecule has 0 bridgehead atoms. The normalized spacial score (nSPS) is 12.9. The lowest BCUT2D eigenvalue weighted by Crippen LogP contribution is -2.20. The van der Waals surface area contributed by atoms with E-state index in [-0.39, 0.29) is 5.38 Å². The van der Waals surface area contributed by atoms with Gasteiger partial charge in [0.1, 0.15) is 5.82 Å². The Bertz CT molecular complexity index is 540. The lowest BCUT2D eigenvalue weighted by atomic mass is 10.1. The zero-order valence-electron chi connectivity index (χ0n) is 10.9. The molecule has 0 saturated heterocycles. The first kappa shape index (κ1) is 13.1. The fourth-order valence-electron chi connectivity index (χ4n) is 1.69. The van der Waals surface area contributed by atoms with Crippen molar-refractivity contribution in [2.24, 2.45) is 5.92 Å². The van der Waals surface area contributed by atoms with Gasteiger partial charge in [0.2, 0.25) is 0 Å². The number of aryl methyl sites for hydroxylation is 1. The second-order valence-electron chi connectivity index (χ2n) is 4.79. The van der Waals surface area contributed by atoms with E-state index in [1.54, 1.807) is 0 Å². The van der Waals surface area contributed by atoms with E-state index < -0.39 is 0 Å². The van der Waals surface area contributed by atoms with Gasteiger partial charge in [0.05, 0.1) is 22.1 Å². The number of rotatable bonds is 4. The molecule has 0 aliphatic carbocycles. The SMILES string of the molecule is Cc1nc2ccccc2nc1NCC(Cl)C(C)C. The Labute approximate surface area is 113 Å². The number of fused-ring (bicyclic) bond motifs is 1. The molecule has 0 spiro atoms. The quantitative estimate of drug-likeness (QED) is 0.857. The Balaban J connectivity index is 2.20. The highest BCUT2D eigenvalue weighted by atomic mass is 35.5. The van der Waals surface area contributed by atoms with Crippen LogP contribution in [0.2, 0.25) is 0 Å². The summed E-state index contributed by atoms with van der Waals surface area (Å²) in [7, 11) is 0. The van der Waals surface area contributed by atoms with Crippen molar-refractivity contribution in [2.75, 3.05) is 11.9 Å². The topological polar surface area (TPSA) is 37.8 Å². The number of anilines is 1. The maximum atomic E-state index is 6.23. The highest BCUT2D eigenvalue weighted by molar-refractivity contribution is 6.21. The third-order valence-corrected chi connectivity index (χ3v) is 3.59. The predicted molar refractivity (Wildman–Crippen MR) is 77.2 cm³/mol. The van der Waals surface area contributed by atoms with Crippen molar-refractivity contribution < 1.29 is 0 Å². The van der Waals surface area contributed by atoms with Crippen molar-refractivity contribution in [2.45, 2.75) is 26.1 Å². The summed E-state index contributed by atoms with van der Waals surface area (Å²) in [5.41, 5.74) is 2.73. The zero-order valence-corrected chi connectivity index (χ0v) is 11.7. The molecule has 0 aliphatic rings. The van der Waals surface area contributed by atoms with Crippen LogP contribution >= 0.6 is 11.6 Å². The molecule has 2 aromatic rings. The summed E-state index contributed by atoms with van der Waals surface area (Å²) in [5.74, 6) is 1.26. The lowest BCUT2D eigenvalue weighted by Gasteiger charge is -2.15. The average molecular weight is 264 g/mol. The molecule has 4 heteroatoms. The van der Waals surface area contributed by atoms with E-state index in [9.17, 15) is 0 Å². The highest BCUT2D eigenvalue weighted by Crippen LogP contribution is 2.17. The molecule has 0 saturated carbocycles. The molecule has 1 unspecified atom stereocenters. The molecule has 0 aliphatic heterocycles. The number of nitrogens with one attached hydrogen (secondary N) is 1. The van der Waals surface area contributed by atoms with Crippen molar-refractivity contribution in [3.05, 3.63) is 30.0 Å². The first-order valence-corrected chi connectivity index (χ1v) is 6.63. The van der Waals surface area contributed by atoms with Gasteiger partial charge in [-0.15, -0.1) is 11.6 Å². The van der Waals surface area contributed by atoms with Crippen LogP contribution in [0.5, 0.6) is 0 Å². The molecule has 96 valence electrons. The van der Waals surface area contributed by atoms with Crippen molar-refractivity contribution in [1.29, 1.82) is 0 Å². The van der Waals surface area contributed by atoms with Crippen LogP contribution in [-0.4, -0.2) is 21.9 Å². The van der Waals surface area contributed by atoms with E-state index in [4.69, 9.17) is 11.6 Å². The minimum Gasteiger partial charge on any atom is -0.367 e. The molecule has 0 amide bonds. The zero-order chi connectivity index (χ0) is 13.1. The van der Waals surface area contributed by atoms with Gasteiger partial charge >= 0.3 is 0 Å². The van der Waals surface area contributed by atoms with Crippen LogP contribution in [0.15, 0.2) is 24.3 Å². The van der Waals surface area contributed by atoms with Gasteiger partial charge < -0.3 is 5.32 Å². The van der Waals surface area contributed by atoms with E-state index in [1.807, 2.05) is 31.2 Å². The average Bonchev–Trinajstić information content (AvgIpc) is 2.35. The van der Waals surface area contributed by atoms with Gasteiger partial charge in [-0.05, 0) is 25.0 Å². The largest absolute Gasteiger partial charge is 0.367 e. The standard InChI is InChI=1S/C14H18ClN3/c1-9(2)11(15)8-16-14-10(3)17-12-6-4-5-7-13(12)18-14/h4-7,9,11H,8H2,1-3H3,(H,16,18). The summed E-state index contributed by atoms with van der Waals surface area (Å²) >= 11 is 6.23. The summed E-state index contributed by atoms with van der Waals surface area (Å²) in [4.78, 5) is 9.10. The maximum absolute atomic E-state index is 6.23. The second-order valence-corrected chi connectivity index (χ2v) is 5.35. The first-order valence-electron chi connectivity index (χ1n) is 6.19. The molecule has 1 aromatic heterocycles. The molecule has 3 nitrogen and oxygen atoms in total. The Morgan fingerprint density at radius 1 is 1.17 bits per heavy atom. The highest BCUT2D eigenvalue weighted by Gasteiger charge is 2.11. The second kappa shape index (κ2) is 5.53. The number of alkyl halides is 1. The Morgan fingerprint density at radius 2 is 1.78 bits per heavy atom. The summed E-state index contributed by atoms with van der Waals surface area (Å²) < 4.78 is 0. The predicted octanol–water partition coefficient (Wildman–Crippen LogP) is 3.61. The van der Waals surface area contributed by atoms with Gasteiger partial charge in [-0.1, -0.05) is 26.0 Å². The minimum absolute atomic E-state index is 0.0951. The Hall–Kier alpha value is -1.35. The summed E-state index contributed by atoms with van der Waals surface area (Å²) in [6.45, 7) is 6.88.